The van der Waals surface area contributed by atoms with Gasteiger partial charge in [-0.2, -0.15) is 0 Å². The van der Waals surface area contributed by atoms with Gasteiger partial charge in [0.25, 0.3) is 17.5 Å². The number of nitrogens with one attached hydrogen (secondary N) is 4. The van der Waals surface area contributed by atoms with E-state index in [1.54, 1.807) is 30.5 Å². The molecule has 222 valence electrons. The monoisotopic (exact) mass is 578 g/mol. The number of hydrogen-bond acceptors (Lipinski definition) is 11. The number of aromatic nitrogens is 1. The Bertz CT molecular complexity index is 1520. The van der Waals surface area contributed by atoms with Crippen molar-refractivity contribution in [3.63, 3.8) is 0 Å². The quantitative estimate of drug-likeness (QED) is 0.166. The molecule has 14 nitrogen and oxygen atoms in total. The van der Waals surface area contributed by atoms with Gasteiger partial charge >= 0.3 is 5.96 Å². The van der Waals surface area contributed by atoms with Crippen LogP contribution in [0, 0.1) is 6.92 Å². The van der Waals surface area contributed by atoms with Crippen molar-refractivity contribution in [3.05, 3.63) is 58.9 Å². The minimum absolute atomic E-state index is 0.00502. The van der Waals surface area contributed by atoms with Crippen LogP contribution >= 0.6 is 0 Å². The Labute approximate surface area is 242 Å². The van der Waals surface area contributed by atoms with E-state index in [4.69, 9.17) is 16.2 Å². The van der Waals surface area contributed by atoms with Crippen molar-refractivity contribution in [1.29, 1.82) is 0 Å². The van der Waals surface area contributed by atoms with Gasteiger partial charge in [0, 0.05) is 18.3 Å². The first-order valence-corrected chi connectivity index (χ1v) is 13.9. The molecule has 5 heterocycles. The molecule has 4 aliphatic heterocycles. The summed E-state index contributed by atoms with van der Waals surface area (Å²) in [4.78, 5) is 39.6. The number of guanidine groups is 2. The van der Waals surface area contributed by atoms with Gasteiger partial charge in [-0.05, 0) is 42.5 Å². The fourth-order valence-corrected chi connectivity index (χ4v) is 6.47. The lowest BCUT2D eigenvalue weighted by molar-refractivity contribution is -0.521. The second-order valence-corrected chi connectivity index (χ2v) is 11.9. The molecule has 1 saturated heterocycles. The highest BCUT2D eigenvalue weighted by molar-refractivity contribution is 5.98. The molecule has 42 heavy (non-hydrogen) atoms. The zero-order valence-electron chi connectivity index (χ0n) is 23.6. The number of aliphatic hydroxyl groups is 2. The lowest BCUT2D eigenvalue weighted by Crippen LogP contribution is -2.90. The SMILES string of the molecule is Cc1ccnc(C(=O)NC[C@@H]2N=C(N)N3CC(NC(=O)c4cccc5c4OCCC5(C)C)C(O)(O)C34NC(N)=[NH+][C@@H]24)c1. The van der Waals surface area contributed by atoms with E-state index in [0.29, 0.717) is 17.9 Å². The summed E-state index contributed by atoms with van der Waals surface area (Å²) in [6.07, 6.45) is 2.35. The van der Waals surface area contributed by atoms with Crippen molar-refractivity contribution in [3.8, 4) is 5.75 Å². The fraction of sp³-hybridized carbons (Fsp3) is 0.464. The summed E-state index contributed by atoms with van der Waals surface area (Å²) >= 11 is 0. The minimum atomic E-state index is -2.59. The normalized spacial score (nSPS) is 28.2. The van der Waals surface area contributed by atoms with Crippen molar-refractivity contribution in [1.82, 2.24) is 25.8 Å². The number of benzene rings is 1. The molecular weight excluding hydrogens is 542 g/mol. The van der Waals surface area contributed by atoms with Gasteiger partial charge in [-0.25, -0.2) is 10.3 Å². The average molecular weight is 579 g/mol. The zero-order valence-corrected chi connectivity index (χ0v) is 23.6. The summed E-state index contributed by atoms with van der Waals surface area (Å²) in [6, 6.07) is 6.00. The van der Waals surface area contributed by atoms with Crippen molar-refractivity contribution in [2.45, 2.75) is 62.2 Å². The van der Waals surface area contributed by atoms with Crippen molar-refractivity contribution in [2.24, 2.45) is 16.5 Å². The number of para-hydroxylation sites is 1. The second kappa shape index (κ2) is 9.56. The van der Waals surface area contributed by atoms with Gasteiger partial charge in [-0.15, -0.1) is 0 Å². The van der Waals surface area contributed by atoms with E-state index in [0.717, 1.165) is 17.5 Å². The largest absolute Gasteiger partial charge is 0.492 e. The lowest BCUT2D eigenvalue weighted by Gasteiger charge is -2.46. The van der Waals surface area contributed by atoms with E-state index in [1.807, 2.05) is 13.0 Å². The molecule has 1 aromatic carbocycles. The highest BCUT2D eigenvalue weighted by Gasteiger charge is 2.76. The molecule has 1 aromatic heterocycles. The third-order valence-electron chi connectivity index (χ3n) is 8.77. The van der Waals surface area contributed by atoms with E-state index in [2.05, 4.69) is 44.8 Å². The summed E-state index contributed by atoms with van der Waals surface area (Å²) < 4.78 is 5.90. The Morgan fingerprint density at radius 1 is 1.24 bits per heavy atom. The molecule has 0 aliphatic carbocycles. The average Bonchev–Trinajstić information content (AvgIpc) is 3.40. The standard InChI is InChI=1S/C28H35N9O5/c1-14-7-9-31-17(11-14)23(39)32-12-18-21-27(36-24(29)35-21)28(40,41)19(13-37(27)25(30)33-18)34-22(38)15-5-4-6-16-20(15)42-10-8-26(16,2)3/h4-7,9,11,18-19,21,40-41H,8,10,12-13H2,1-3H3,(H2,30,33)(H,32,39)(H,34,38)(H3,29,35,36)/p+1/t18-,19?,21-,27?/m0/s1. The van der Waals surface area contributed by atoms with Crippen LogP contribution in [0.25, 0.3) is 0 Å². The van der Waals surface area contributed by atoms with E-state index >= 15 is 0 Å². The van der Waals surface area contributed by atoms with Gasteiger partial charge in [0.05, 0.1) is 18.7 Å². The van der Waals surface area contributed by atoms with Crippen LogP contribution in [0.4, 0.5) is 0 Å². The number of ether oxygens (including phenoxy) is 1. The first-order valence-electron chi connectivity index (χ1n) is 13.9. The van der Waals surface area contributed by atoms with Gasteiger partial charge in [-0.3, -0.25) is 30.2 Å². The van der Waals surface area contributed by atoms with Gasteiger partial charge in [0.2, 0.25) is 5.79 Å². The molecule has 0 radical (unpaired) electrons. The van der Waals surface area contributed by atoms with Crippen LogP contribution in [0.1, 0.15) is 52.2 Å². The molecule has 14 heteroatoms. The summed E-state index contributed by atoms with van der Waals surface area (Å²) in [5, 5.41) is 32.1. The van der Waals surface area contributed by atoms with E-state index in [1.165, 1.54) is 4.90 Å². The smallest absolute Gasteiger partial charge is 0.343 e. The number of nitrogens with two attached hydrogens (primary N) is 2. The molecular formula is C28H36N9O5+. The Kier molecular flexibility index (Phi) is 6.31. The number of carbonyl (C=O) groups excluding carboxylic acids is 2. The van der Waals surface area contributed by atoms with Crippen molar-refractivity contribution < 1.29 is 29.5 Å². The highest BCUT2D eigenvalue weighted by Crippen LogP contribution is 2.43. The molecule has 0 saturated carbocycles. The molecule has 6 rings (SSSR count). The number of nitrogens with zero attached hydrogens (tertiary/aromatic N) is 3. The molecule has 10 N–H and O–H groups in total. The van der Waals surface area contributed by atoms with Crippen LogP contribution in [-0.4, -0.2) is 93.1 Å². The maximum atomic E-state index is 13.6. The first-order chi connectivity index (χ1) is 19.8. The molecule has 2 aromatic rings. The lowest BCUT2D eigenvalue weighted by atomic mass is 9.79. The van der Waals surface area contributed by atoms with Crippen LogP contribution < -0.4 is 37.1 Å². The maximum absolute atomic E-state index is 13.6. The van der Waals surface area contributed by atoms with E-state index in [9.17, 15) is 19.8 Å². The molecule has 2 unspecified atom stereocenters. The third-order valence-corrected chi connectivity index (χ3v) is 8.77. The summed E-state index contributed by atoms with van der Waals surface area (Å²) in [7, 11) is 0. The first kappa shape index (κ1) is 27.7. The molecule has 4 aliphatic rings. The van der Waals surface area contributed by atoms with Gasteiger partial charge < -0.3 is 31.3 Å². The second-order valence-electron chi connectivity index (χ2n) is 11.9. The molecule has 1 fully saturated rings. The molecule has 1 spiro atoms. The Hall–Kier alpha value is -4.43. The number of hydrogen-bond donors (Lipinski definition) is 8. The van der Waals surface area contributed by atoms with Gasteiger partial charge in [-0.1, -0.05) is 26.0 Å². The van der Waals surface area contributed by atoms with E-state index in [-0.39, 0.29) is 36.1 Å². The van der Waals surface area contributed by atoms with Crippen LogP contribution in [0.5, 0.6) is 5.75 Å². The summed E-state index contributed by atoms with van der Waals surface area (Å²) in [5.74, 6) is -2.98. The highest BCUT2D eigenvalue weighted by atomic mass is 16.5. The third kappa shape index (κ3) is 4.12. The fourth-order valence-electron chi connectivity index (χ4n) is 6.47. The minimum Gasteiger partial charge on any atom is -0.492 e. The predicted octanol–water partition coefficient (Wildman–Crippen LogP) is -3.26. The van der Waals surface area contributed by atoms with Crippen LogP contribution in [0.2, 0.25) is 0 Å². The number of pyridine rings is 1. The van der Waals surface area contributed by atoms with Gasteiger partial charge in [0.1, 0.15) is 23.5 Å². The summed E-state index contributed by atoms with van der Waals surface area (Å²) in [6.45, 7) is 6.41. The topological polar surface area (TPSA) is 214 Å². The summed E-state index contributed by atoms with van der Waals surface area (Å²) in [5.41, 5.74) is 12.9. The Morgan fingerprint density at radius 3 is 2.79 bits per heavy atom. The molecule has 0 bridgehead atoms. The number of aliphatic imine (C=N–C) groups is 1. The number of carbonyl (C=O) groups is 2. The maximum Gasteiger partial charge on any atom is 0.343 e. The number of amides is 2. The predicted molar refractivity (Wildman–Crippen MR) is 151 cm³/mol. The van der Waals surface area contributed by atoms with Crippen LogP contribution in [-0.2, 0) is 5.41 Å². The molecule has 2 amide bonds. The zero-order chi connectivity index (χ0) is 30.0. The number of fused-ring (bicyclic) bond motifs is 1. The number of rotatable bonds is 5. The van der Waals surface area contributed by atoms with Crippen LogP contribution in [0.3, 0.4) is 0 Å². The van der Waals surface area contributed by atoms with Crippen molar-refractivity contribution >= 4 is 23.7 Å². The van der Waals surface area contributed by atoms with Crippen LogP contribution in [0.15, 0.2) is 41.5 Å². The van der Waals surface area contributed by atoms with Crippen molar-refractivity contribution in [2.75, 3.05) is 19.7 Å². The van der Waals surface area contributed by atoms with E-state index < -0.39 is 41.4 Å². The molecule has 4 atom stereocenters. The number of aryl methyl sites for hydroxylation is 1. The Balaban J connectivity index is 1.26. The Morgan fingerprint density at radius 2 is 2.02 bits per heavy atom. The van der Waals surface area contributed by atoms with Gasteiger partial charge in [0.15, 0.2) is 12.0 Å².